The quantitative estimate of drug-likeness (QED) is 0.891. The van der Waals surface area contributed by atoms with Crippen molar-refractivity contribution in [2.45, 2.75) is 40.2 Å². The van der Waals surface area contributed by atoms with Crippen LogP contribution in [0.2, 0.25) is 0 Å². The maximum atomic E-state index is 12.8. The van der Waals surface area contributed by atoms with Crippen LogP contribution in [0.3, 0.4) is 0 Å². The van der Waals surface area contributed by atoms with E-state index in [1.807, 2.05) is 18.7 Å². The molecule has 1 amide bonds. The summed E-state index contributed by atoms with van der Waals surface area (Å²) in [6.45, 7) is 9.87. The number of rotatable bonds is 5. The number of hydrogen-bond acceptors (Lipinski definition) is 6. The molecule has 0 unspecified atom stereocenters. The first kappa shape index (κ1) is 17.0. The largest absolute Gasteiger partial charge is 0.335 e. The van der Waals surface area contributed by atoms with Crippen LogP contribution in [0.4, 0.5) is 0 Å². The lowest BCUT2D eigenvalue weighted by Crippen LogP contribution is -2.48. The van der Waals surface area contributed by atoms with Gasteiger partial charge in [-0.05, 0) is 26.7 Å². The number of hydrogen-bond donors (Lipinski definition) is 1. The third-order valence-electron chi connectivity index (χ3n) is 4.17. The van der Waals surface area contributed by atoms with Gasteiger partial charge in [0.1, 0.15) is 10.7 Å². The molecule has 0 bridgehead atoms. The van der Waals surface area contributed by atoms with E-state index in [9.17, 15) is 4.79 Å². The number of thiazole rings is 1. The summed E-state index contributed by atoms with van der Waals surface area (Å²) >= 11 is 1.55. The highest BCUT2D eigenvalue weighted by Gasteiger charge is 2.25. The second-order valence-electron chi connectivity index (χ2n) is 6.18. The van der Waals surface area contributed by atoms with Crippen LogP contribution in [0.25, 0.3) is 0 Å². The van der Waals surface area contributed by atoms with Gasteiger partial charge in [0.2, 0.25) is 0 Å². The second kappa shape index (κ2) is 7.40. The minimum atomic E-state index is 0.126. The lowest BCUT2D eigenvalue weighted by molar-refractivity contribution is 0.0629. The van der Waals surface area contributed by atoms with Crippen LogP contribution >= 0.6 is 11.3 Å². The molecule has 1 fully saturated rings. The summed E-state index contributed by atoms with van der Waals surface area (Å²) in [7, 11) is 0. The summed E-state index contributed by atoms with van der Waals surface area (Å²) in [6, 6.07) is 0. The Balaban J connectivity index is 1.57. The standard InChI is InChI=1S/C16H24N6OS/c1-4-5-14-17-11(2)15(24-14)16(23)22-8-6-21(7-9-22)10-13-18-12(3)19-20-13/h4-10H2,1-3H3,(H,18,19,20). The van der Waals surface area contributed by atoms with E-state index in [-0.39, 0.29) is 5.91 Å². The fourth-order valence-corrected chi connectivity index (χ4v) is 4.02. The molecule has 3 heterocycles. The Kier molecular flexibility index (Phi) is 5.25. The third kappa shape index (κ3) is 3.81. The minimum Gasteiger partial charge on any atom is -0.335 e. The average Bonchev–Trinajstić information content (AvgIpc) is 3.13. The molecule has 0 aromatic carbocycles. The van der Waals surface area contributed by atoms with Crippen molar-refractivity contribution in [3.8, 4) is 0 Å². The number of carbonyl (C=O) groups is 1. The Bertz CT molecular complexity index is 701. The van der Waals surface area contributed by atoms with Crippen molar-refractivity contribution >= 4 is 17.2 Å². The number of H-pyrrole nitrogens is 1. The number of aryl methyl sites for hydroxylation is 3. The molecule has 24 heavy (non-hydrogen) atoms. The highest BCUT2D eigenvalue weighted by atomic mass is 32.1. The first-order valence-electron chi connectivity index (χ1n) is 8.42. The lowest BCUT2D eigenvalue weighted by Gasteiger charge is -2.33. The Labute approximate surface area is 146 Å². The molecule has 1 aliphatic heterocycles. The van der Waals surface area contributed by atoms with Crippen LogP contribution in [0.5, 0.6) is 0 Å². The highest BCUT2D eigenvalue weighted by molar-refractivity contribution is 7.13. The SMILES string of the molecule is CCCc1nc(C)c(C(=O)N2CCN(Cc3n[nH]c(C)n3)CC2)s1. The van der Waals surface area contributed by atoms with Gasteiger partial charge in [-0.3, -0.25) is 14.8 Å². The number of amides is 1. The highest BCUT2D eigenvalue weighted by Crippen LogP contribution is 2.22. The van der Waals surface area contributed by atoms with Gasteiger partial charge < -0.3 is 4.90 Å². The number of nitrogens with one attached hydrogen (secondary N) is 1. The third-order valence-corrected chi connectivity index (χ3v) is 5.37. The van der Waals surface area contributed by atoms with Crippen LogP contribution in [-0.2, 0) is 13.0 Å². The molecular weight excluding hydrogens is 324 g/mol. The second-order valence-corrected chi connectivity index (χ2v) is 7.26. The molecule has 0 aliphatic carbocycles. The van der Waals surface area contributed by atoms with Gasteiger partial charge in [-0.15, -0.1) is 11.3 Å². The van der Waals surface area contributed by atoms with Crippen molar-refractivity contribution in [3.63, 3.8) is 0 Å². The first-order chi connectivity index (χ1) is 11.6. The molecule has 0 radical (unpaired) electrons. The van der Waals surface area contributed by atoms with Crippen LogP contribution in [0.1, 0.15) is 45.4 Å². The Morgan fingerprint density at radius 2 is 1.96 bits per heavy atom. The summed E-state index contributed by atoms with van der Waals surface area (Å²) in [4.78, 5) is 26.7. The van der Waals surface area contributed by atoms with E-state index in [0.717, 1.165) is 72.8 Å². The first-order valence-corrected chi connectivity index (χ1v) is 9.24. The maximum Gasteiger partial charge on any atom is 0.265 e. The predicted octanol–water partition coefficient (Wildman–Crippen LogP) is 1.79. The maximum absolute atomic E-state index is 12.8. The zero-order chi connectivity index (χ0) is 17.1. The van der Waals surface area contributed by atoms with E-state index in [1.54, 1.807) is 11.3 Å². The lowest BCUT2D eigenvalue weighted by atomic mass is 10.2. The Morgan fingerprint density at radius 1 is 1.21 bits per heavy atom. The van der Waals surface area contributed by atoms with Crippen molar-refractivity contribution in [2.24, 2.45) is 0 Å². The van der Waals surface area contributed by atoms with Crippen molar-refractivity contribution in [2.75, 3.05) is 26.2 Å². The van der Waals surface area contributed by atoms with Crippen molar-refractivity contribution < 1.29 is 4.79 Å². The van der Waals surface area contributed by atoms with Gasteiger partial charge in [0.25, 0.3) is 5.91 Å². The number of aromatic nitrogens is 4. The molecule has 1 N–H and O–H groups in total. The smallest absolute Gasteiger partial charge is 0.265 e. The molecule has 1 saturated heterocycles. The molecule has 0 atom stereocenters. The van der Waals surface area contributed by atoms with Gasteiger partial charge in [-0.1, -0.05) is 6.92 Å². The van der Waals surface area contributed by atoms with E-state index in [4.69, 9.17) is 0 Å². The van der Waals surface area contributed by atoms with Crippen LogP contribution < -0.4 is 0 Å². The van der Waals surface area contributed by atoms with Gasteiger partial charge in [0.15, 0.2) is 5.82 Å². The summed E-state index contributed by atoms with van der Waals surface area (Å²) in [5.41, 5.74) is 0.868. The zero-order valence-corrected chi connectivity index (χ0v) is 15.3. The molecule has 7 nitrogen and oxygen atoms in total. The summed E-state index contributed by atoms with van der Waals surface area (Å²) in [6.07, 6.45) is 2.00. The number of piperazine rings is 1. The van der Waals surface area contributed by atoms with Gasteiger partial charge in [0, 0.05) is 26.2 Å². The zero-order valence-electron chi connectivity index (χ0n) is 14.5. The van der Waals surface area contributed by atoms with Crippen LogP contribution in [-0.4, -0.2) is 62.1 Å². The Hall–Kier alpha value is -1.80. The molecule has 2 aromatic heterocycles. The van der Waals surface area contributed by atoms with Gasteiger partial charge in [-0.25, -0.2) is 9.97 Å². The number of carbonyl (C=O) groups excluding carboxylic acids is 1. The van der Waals surface area contributed by atoms with E-state index in [0.29, 0.717) is 0 Å². The molecule has 130 valence electrons. The summed E-state index contributed by atoms with van der Waals surface area (Å²) in [5.74, 6) is 1.78. The number of nitrogens with zero attached hydrogens (tertiary/aromatic N) is 5. The molecule has 8 heteroatoms. The Morgan fingerprint density at radius 3 is 2.58 bits per heavy atom. The molecule has 2 aromatic rings. The monoisotopic (exact) mass is 348 g/mol. The van der Waals surface area contributed by atoms with Gasteiger partial charge in [0.05, 0.1) is 17.2 Å². The minimum absolute atomic E-state index is 0.126. The fourth-order valence-electron chi connectivity index (χ4n) is 2.88. The molecular formula is C16H24N6OS. The van der Waals surface area contributed by atoms with Gasteiger partial charge >= 0.3 is 0 Å². The van der Waals surface area contributed by atoms with Crippen molar-refractivity contribution in [3.05, 3.63) is 27.2 Å². The average molecular weight is 348 g/mol. The molecule has 0 saturated carbocycles. The van der Waals surface area contributed by atoms with E-state index >= 15 is 0 Å². The van der Waals surface area contributed by atoms with Crippen LogP contribution in [0, 0.1) is 13.8 Å². The summed E-state index contributed by atoms with van der Waals surface area (Å²) < 4.78 is 0. The molecule has 0 spiro atoms. The van der Waals surface area contributed by atoms with E-state index in [1.165, 1.54) is 0 Å². The summed E-state index contributed by atoms with van der Waals surface area (Å²) in [5, 5.41) is 8.11. The predicted molar refractivity (Wildman–Crippen MR) is 93.1 cm³/mol. The van der Waals surface area contributed by atoms with Crippen LogP contribution in [0.15, 0.2) is 0 Å². The number of aromatic amines is 1. The van der Waals surface area contributed by atoms with E-state index in [2.05, 4.69) is 32.0 Å². The normalized spacial score (nSPS) is 15.9. The van der Waals surface area contributed by atoms with Crippen molar-refractivity contribution in [1.29, 1.82) is 0 Å². The van der Waals surface area contributed by atoms with Gasteiger partial charge in [-0.2, -0.15) is 5.10 Å². The molecule has 3 rings (SSSR count). The van der Waals surface area contributed by atoms with E-state index < -0.39 is 0 Å². The topological polar surface area (TPSA) is 78.0 Å². The fraction of sp³-hybridized carbons (Fsp3) is 0.625. The van der Waals surface area contributed by atoms with Crippen molar-refractivity contribution in [1.82, 2.24) is 30.0 Å². The molecule has 1 aliphatic rings.